The lowest BCUT2D eigenvalue weighted by Crippen LogP contribution is -2.39. The molecular formula is C19H18N4O. The van der Waals surface area contributed by atoms with E-state index < -0.39 is 0 Å². The third kappa shape index (κ3) is 2.08. The maximum atomic E-state index is 12.9. The van der Waals surface area contributed by atoms with E-state index in [0.717, 1.165) is 42.0 Å². The van der Waals surface area contributed by atoms with Gasteiger partial charge in [0, 0.05) is 36.1 Å². The third-order valence-corrected chi connectivity index (χ3v) is 5.26. The molecule has 0 bridgehead atoms. The molecule has 1 fully saturated rings. The quantitative estimate of drug-likeness (QED) is 0.691. The fourth-order valence-electron chi connectivity index (χ4n) is 4.01. The Hall–Kier alpha value is -2.53. The van der Waals surface area contributed by atoms with E-state index in [1.807, 2.05) is 36.5 Å². The molecule has 1 unspecified atom stereocenters. The van der Waals surface area contributed by atoms with Crippen molar-refractivity contribution in [1.29, 1.82) is 0 Å². The van der Waals surface area contributed by atoms with E-state index in [4.69, 9.17) is 4.98 Å². The van der Waals surface area contributed by atoms with Crippen LogP contribution in [0.4, 0.5) is 0 Å². The van der Waals surface area contributed by atoms with Crippen molar-refractivity contribution < 1.29 is 0 Å². The second-order valence-electron chi connectivity index (χ2n) is 6.67. The molecule has 24 heavy (non-hydrogen) atoms. The molecule has 1 atom stereocenters. The fraction of sp³-hybridized carbons (Fsp3) is 0.316. The second-order valence-corrected chi connectivity index (χ2v) is 6.67. The van der Waals surface area contributed by atoms with Crippen LogP contribution in [0.5, 0.6) is 0 Å². The SMILES string of the molecule is O=c1c2c(nc3cc(-c4ccccn4)ccn13)CN1CCCC1C2. The highest BCUT2D eigenvalue weighted by Gasteiger charge is 2.32. The van der Waals surface area contributed by atoms with Crippen LogP contribution in [0.25, 0.3) is 16.9 Å². The topological polar surface area (TPSA) is 50.5 Å². The van der Waals surface area contributed by atoms with Gasteiger partial charge in [-0.1, -0.05) is 6.07 Å². The molecule has 5 nitrogen and oxygen atoms in total. The molecule has 0 radical (unpaired) electrons. The van der Waals surface area contributed by atoms with Gasteiger partial charge in [-0.15, -0.1) is 0 Å². The van der Waals surface area contributed by atoms with Crippen LogP contribution in [-0.2, 0) is 13.0 Å². The zero-order chi connectivity index (χ0) is 16.1. The number of rotatable bonds is 1. The monoisotopic (exact) mass is 318 g/mol. The summed E-state index contributed by atoms with van der Waals surface area (Å²) >= 11 is 0. The summed E-state index contributed by atoms with van der Waals surface area (Å²) in [4.78, 5) is 24.6. The van der Waals surface area contributed by atoms with Gasteiger partial charge in [0.1, 0.15) is 5.65 Å². The first-order valence-corrected chi connectivity index (χ1v) is 8.49. The number of pyridine rings is 2. The fourth-order valence-corrected chi connectivity index (χ4v) is 4.01. The maximum absolute atomic E-state index is 12.9. The molecule has 2 aliphatic heterocycles. The Kier molecular flexibility index (Phi) is 3.03. The van der Waals surface area contributed by atoms with Crippen molar-refractivity contribution in [3.63, 3.8) is 0 Å². The molecule has 2 aliphatic rings. The van der Waals surface area contributed by atoms with Gasteiger partial charge in [-0.3, -0.25) is 19.1 Å². The van der Waals surface area contributed by atoms with Crippen LogP contribution < -0.4 is 5.56 Å². The van der Waals surface area contributed by atoms with Crippen LogP contribution in [-0.4, -0.2) is 31.9 Å². The molecule has 3 aromatic heterocycles. The third-order valence-electron chi connectivity index (χ3n) is 5.26. The van der Waals surface area contributed by atoms with Crippen molar-refractivity contribution in [2.45, 2.75) is 31.8 Å². The molecular weight excluding hydrogens is 300 g/mol. The molecule has 5 heteroatoms. The standard InChI is InChI=1S/C19H18N4O/c24-19-15-11-14-4-3-8-22(14)12-17(15)21-18-10-13(6-9-23(18)19)16-5-1-2-7-20-16/h1-2,5-7,9-10,14H,3-4,8,11-12H2. The number of hydrogen-bond donors (Lipinski definition) is 0. The lowest BCUT2D eigenvalue weighted by atomic mass is 9.99. The van der Waals surface area contributed by atoms with Crippen molar-refractivity contribution in [1.82, 2.24) is 19.3 Å². The van der Waals surface area contributed by atoms with Gasteiger partial charge in [-0.25, -0.2) is 4.98 Å². The largest absolute Gasteiger partial charge is 0.294 e. The van der Waals surface area contributed by atoms with Crippen LogP contribution in [0.2, 0.25) is 0 Å². The van der Waals surface area contributed by atoms with Crippen LogP contribution >= 0.6 is 0 Å². The number of hydrogen-bond acceptors (Lipinski definition) is 4. The molecule has 0 N–H and O–H groups in total. The lowest BCUT2D eigenvalue weighted by molar-refractivity contribution is 0.223. The normalized spacial score (nSPS) is 20.1. The Bertz CT molecular complexity index is 980. The summed E-state index contributed by atoms with van der Waals surface area (Å²) in [5.74, 6) is 0. The lowest BCUT2D eigenvalue weighted by Gasteiger charge is -2.30. The molecule has 5 rings (SSSR count). The van der Waals surface area contributed by atoms with Gasteiger partial charge >= 0.3 is 0 Å². The van der Waals surface area contributed by atoms with Gasteiger partial charge in [0.2, 0.25) is 0 Å². The van der Waals surface area contributed by atoms with Gasteiger partial charge in [-0.2, -0.15) is 0 Å². The van der Waals surface area contributed by atoms with E-state index in [9.17, 15) is 4.79 Å². The maximum Gasteiger partial charge on any atom is 0.261 e. The summed E-state index contributed by atoms with van der Waals surface area (Å²) in [7, 11) is 0. The zero-order valence-electron chi connectivity index (χ0n) is 13.4. The Morgan fingerprint density at radius 2 is 2.17 bits per heavy atom. The minimum Gasteiger partial charge on any atom is -0.294 e. The van der Waals surface area contributed by atoms with Gasteiger partial charge < -0.3 is 0 Å². The summed E-state index contributed by atoms with van der Waals surface area (Å²) in [5.41, 5.74) is 4.54. The zero-order valence-corrected chi connectivity index (χ0v) is 13.4. The first kappa shape index (κ1) is 13.9. The minimum absolute atomic E-state index is 0.0918. The molecule has 0 aliphatic carbocycles. The van der Waals surface area contributed by atoms with Crippen LogP contribution in [0, 0.1) is 0 Å². The van der Waals surface area contributed by atoms with E-state index in [-0.39, 0.29) is 5.56 Å². The molecule has 5 heterocycles. The van der Waals surface area contributed by atoms with Crippen LogP contribution in [0.1, 0.15) is 24.1 Å². The molecule has 0 saturated carbocycles. The van der Waals surface area contributed by atoms with Gasteiger partial charge in [0.15, 0.2) is 0 Å². The predicted molar refractivity (Wildman–Crippen MR) is 91.8 cm³/mol. The highest BCUT2D eigenvalue weighted by Crippen LogP contribution is 2.28. The van der Waals surface area contributed by atoms with Gasteiger partial charge in [0.05, 0.1) is 11.4 Å². The Morgan fingerprint density at radius 1 is 1.21 bits per heavy atom. The minimum atomic E-state index is 0.0918. The smallest absolute Gasteiger partial charge is 0.261 e. The first-order chi connectivity index (χ1) is 11.8. The molecule has 0 aromatic carbocycles. The average molecular weight is 318 g/mol. The highest BCUT2D eigenvalue weighted by molar-refractivity contribution is 5.64. The van der Waals surface area contributed by atoms with Gasteiger partial charge in [0.25, 0.3) is 5.56 Å². The Labute approximate surface area is 139 Å². The number of aromatic nitrogens is 3. The van der Waals surface area contributed by atoms with E-state index >= 15 is 0 Å². The van der Waals surface area contributed by atoms with Crippen molar-refractivity contribution in [2.24, 2.45) is 0 Å². The highest BCUT2D eigenvalue weighted by atomic mass is 16.1. The van der Waals surface area contributed by atoms with E-state index in [0.29, 0.717) is 11.7 Å². The van der Waals surface area contributed by atoms with Gasteiger partial charge in [-0.05, 0) is 50.1 Å². The first-order valence-electron chi connectivity index (χ1n) is 8.49. The Morgan fingerprint density at radius 3 is 3.04 bits per heavy atom. The summed E-state index contributed by atoms with van der Waals surface area (Å²) in [6.45, 7) is 1.93. The van der Waals surface area contributed by atoms with Crippen molar-refractivity contribution >= 4 is 5.65 Å². The molecule has 0 spiro atoms. The predicted octanol–water partition coefficient (Wildman–Crippen LogP) is 2.28. The second kappa shape index (κ2) is 5.24. The summed E-state index contributed by atoms with van der Waals surface area (Å²) in [6.07, 6.45) is 6.87. The summed E-state index contributed by atoms with van der Waals surface area (Å²) in [5, 5.41) is 0. The summed E-state index contributed by atoms with van der Waals surface area (Å²) < 4.78 is 1.68. The van der Waals surface area contributed by atoms with Crippen LogP contribution in [0.3, 0.4) is 0 Å². The average Bonchev–Trinajstić information content (AvgIpc) is 3.08. The number of fused-ring (bicyclic) bond motifs is 3. The number of nitrogens with zero attached hydrogens (tertiary/aromatic N) is 4. The van der Waals surface area contributed by atoms with E-state index in [1.54, 1.807) is 10.6 Å². The molecule has 3 aromatic rings. The van der Waals surface area contributed by atoms with E-state index in [1.165, 1.54) is 12.8 Å². The molecule has 1 saturated heterocycles. The summed E-state index contributed by atoms with van der Waals surface area (Å²) in [6, 6.07) is 10.3. The molecule has 120 valence electrons. The van der Waals surface area contributed by atoms with Crippen molar-refractivity contribution in [3.8, 4) is 11.3 Å². The van der Waals surface area contributed by atoms with Crippen molar-refractivity contribution in [3.05, 3.63) is 64.3 Å². The van der Waals surface area contributed by atoms with E-state index in [2.05, 4.69) is 9.88 Å². The Balaban J connectivity index is 1.67. The van der Waals surface area contributed by atoms with Crippen LogP contribution in [0.15, 0.2) is 47.5 Å². The van der Waals surface area contributed by atoms with Crippen molar-refractivity contribution in [2.75, 3.05) is 6.54 Å². The molecule has 0 amide bonds.